The van der Waals surface area contributed by atoms with Crippen LogP contribution in [-0.4, -0.2) is 26.8 Å². The number of hydrogen-bond donors (Lipinski definition) is 0. The summed E-state index contributed by atoms with van der Waals surface area (Å²) < 4.78 is 7.03. The van der Waals surface area contributed by atoms with Crippen molar-refractivity contribution in [3.63, 3.8) is 0 Å². The Morgan fingerprint density at radius 3 is 1.78 bits per heavy atom. The molecule has 0 fully saturated rings. The molecule has 0 atom stereocenters. The number of para-hydroxylation sites is 3. The van der Waals surface area contributed by atoms with Gasteiger partial charge in [-0.2, -0.15) is 35.5 Å². The zero-order chi connectivity index (χ0) is 43.5. The van der Waals surface area contributed by atoms with Crippen LogP contribution in [0.15, 0.2) is 182 Å². The van der Waals surface area contributed by atoms with Crippen LogP contribution in [0.3, 0.4) is 0 Å². The number of aromatic nitrogens is 4. The third-order valence-corrected chi connectivity index (χ3v) is 17.4. The van der Waals surface area contributed by atoms with Gasteiger partial charge in [0, 0.05) is 50.6 Å². The molecule has 4 nitrogen and oxygen atoms in total. The first kappa shape index (κ1) is 43.1. The molecular formula is C58H53N4PtSi-. The quantitative estimate of drug-likeness (QED) is 0.0804. The van der Waals surface area contributed by atoms with Crippen molar-refractivity contribution < 1.29 is 21.1 Å². The number of rotatable bonds is 9. The van der Waals surface area contributed by atoms with Gasteiger partial charge in [0.05, 0.1) is 5.54 Å². The molecule has 64 heavy (non-hydrogen) atoms. The van der Waals surface area contributed by atoms with E-state index in [9.17, 15) is 0 Å². The SMILES string of the molecule is CC(C)c1cccc(C(C)C)c1-c1ccnc(-n2c3[c-]c([Si](c4[c-]c(-n5[cH+]n(C(C)(C)C)c6ccccc65)ccc4)(c4ccccc4)c4ccccc4)ccc3c3ccccc32)c1.[Pt]. The summed E-state index contributed by atoms with van der Waals surface area (Å²) in [5.41, 5.74) is 10.6. The van der Waals surface area contributed by atoms with Crippen molar-refractivity contribution in [2.75, 3.05) is 0 Å². The molecule has 0 aliphatic carbocycles. The van der Waals surface area contributed by atoms with E-state index in [1.165, 1.54) is 48.7 Å². The Morgan fingerprint density at radius 1 is 0.562 bits per heavy atom. The van der Waals surface area contributed by atoms with E-state index >= 15 is 0 Å². The molecule has 10 rings (SSSR count). The Labute approximate surface area is 393 Å². The van der Waals surface area contributed by atoms with Crippen LogP contribution in [-0.2, 0) is 26.6 Å². The molecule has 0 spiro atoms. The maximum absolute atomic E-state index is 5.16. The molecule has 3 heterocycles. The van der Waals surface area contributed by atoms with E-state index in [0.29, 0.717) is 11.8 Å². The second kappa shape index (κ2) is 17.1. The number of fused-ring (bicyclic) bond motifs is 4. The van der Waals surface area contributed by atoms with Crippen LogP contribution in [0.4, 0.5) is 0 Å². The molecule has 0 amide bonds. The number of nitrogens with zero attached hydrogens (tertiary/aromatic N) is 4. The minimum atomic E-state index is -3.12. The van der Waals surface area contributed by atoms with Gasteiger partial charge < -0.3 is 4.57 Å². The van der Waals surface area contributed by atoms with Crippen LogP contribution in [0.25, 0.3) is 55.5 Å². The largest absolute Gasteiger partial charge is 0.319 e. The van der Waals surface area contributed by atoms with Gasteiger partial charge >= 0.3 is 0 Å². The predicted molar refractivity (Wildman–Crippen MR) is 268 cm³/mol. The van der Waals surface area contributed by atoms with Gasteiger partial charge in [-0.1, -0.05) is 130 Å². The van der Waals surface area contributed by atoms with E-state index in [-0.39, 0.29) is 26.6 Å². The fourth-order valence-electron chi connectivity index (χ4n) is 9.89. The Bertz CT molecular complexity index is 3220. The Hall–Kier alpha value is -6.13. The summed E-state index contributed by atoms with van der Waals surface area (Å²) >= 11 is 0. The average molecular weight is 1030 g/mol. The Morgan fingerprint density at radius 2 is 1.14 bits per heavy atom. The zero-order valence-corrected chi connectivity index (χ0v) is 40.9. The summed E-state index contributed by atoms with van der Waals surface area (Å²) in [6.45, 7) is 16.0. The number of hydrogen-bond acceptors (Lipinski definition) is 1. The summed E-state index contributed by atoms with van der Waals surface area (Å²) in [4.78, 5) is 5.16. The van der Waals surface area contributed by atoms with Crippen molar-refractivity contribution >= 4 is 61.7 Å². The molecular weight excluding hydrogens is 976 g/mol. The Balaban J connectivity index is 0.00000518. The van der Waals surface area contributed by atoms with Gasteiger partial charge in [0.25, 0.3) is 0 Å². The minimum absolute atomic E-state index is 0. The van der Waals surface area contributed by atoms with Gasteiger partial charge in [0.2, 0.25) is 0 Å². The summed E-state index contributed by atoms with van der Waals surface area (Å²) in [6, 6.07) is 70.6. The smallest absolute Gasteiger partial charge is 0.188 e. The molecule has 320 valence electrons. The van der Waals surface area contributed by atoms with Gasteiger partial charge in [-0.3, -0.25) is 0 Å². The van der Waals surface area contributed by atoms with Crippen molar-refractivity contribution in [2.45, 2.75) is 65.8 Å². The van der Waals surface area contributed by atoms with E-state index < -0.39 is 8.07 Å². The number of imidazole rings is 1. The second-order valence-corrected chi connectivity index (χ2v) is 22.2. The maximum Gasteiger partial charge on any atom is 0.188 e. The van der Waals surface area contributed by atoms with Crippen molar-refractivity contribution in [1.82, 2.24) is 18.7 Å². The molecule has 7 aromatic carbocycles. The minimum Gasteiger partial charge on any atom is -0.319 e. The van der Waals surface area contributed by atoms with E-state index in [1.807, 2.05) is 6.20 Å². The standard InChI is InChI=1S/C58H53N4Si.Pt/c1-40(2)48-27-19-28-49(41(3)4)57(48)42-34-35-59-56(36-42)62-52-29-15-14-26-50(52)51-33-32-47(38-55(51)62)63(44-21-10-8-11-22-44,45-23-12-9-13-24-45)46-25-18-20-43(37-46)60-39-61(58(5,6)7)54-31-17-16-30-53(54)60;/h8-36,39-41H,1-7H3;/q-1;. The Kier molecular flexibility index (Phi) is 11.5. The molecule has 0 N–H and O–H groups in total. The van der Waals surface area contributed by atoms with E-state index in [0.717, 1.165) is 38.6 Å². The third-order valence-electron chi connectivity index (χ3n) is 12.8. The molecule has 0 unspecified atom stereocenters. The summed E-state index contributed by atoms with van der Waals surface area (Å²) in [6.07, 6.45) is 4.23. The van der Waals surface area contributed by atoms with Crippen LogP contribution in [0.5, 0.6) is 0 Å². The van der Waals surface area contributed by atoms with Crippen LogP contribution in [0, 0.1) is 12.1 Å². The van der Waals surface area contributed by atoms with Gasteiger partial charge in [0.15, 0.2) is 17.4 Å². The first-order valence-electron chi connectivity index (χ1n) is 22.3. The molecule has 0 aliphatic rings. The van der Waals surface area contributed by atoms with Crippen LogP contribution in [0.1, 0.15) is 71.4 Å². The molecule has 0 bridgehead atoms. The van der Waals surface area contributed by atoms with Gasteiger partial charge in [0.1, 0.15) is 13.9 Å². The monoisotopic (exact) mass is 1030 g/mol. The summed E-state index contributed by atoms with van der Waals surface area (Å²) in [7, 11) is -3.12. The molecule has 10 aromatic rings. The summed E-state index contributed by atoms with van der Waals surface area (Å²) in [5.74, 6) is 1.63. The first-order chi connectivity index (χ1) is 30.6. The van der Waals surface area contributed by atoms with Crippen LogP contribution >= 0.6 is 0 Å². The third kappa shape index (κ3) is 7.20. The fraction of sp³-hybridized carbons (Fsp3) is 0.172. The van der Waals surface area contributed by atoms with Crippen LogP contribution in [0.2, 0.25) is 0 Å². The molecule has 3 aromatic heterocycles. The van der Waals surface area contributed by atoms with Gasteiger partial charge in [-0.05, 0) is 101 Å². The van der Waals surface area contributed by atoms with E-state index in [1.54, 1.807) is 0 Å². The first-order valence-corrected chi connectivity index (χ1v) is 24.3. The molecule has 0 saturated carbocycles. The van der Waals surface area contributed by atoms with E-state index in [4.69, 9.17) is 4.98 Å². The second-order valence-electron chi connectivity index (χ2n) is 18.5. The zero-order valence-electron chi connectivity index (χ0n) is 37.6. The van der Waals surface area contributed by atoms with Crippen molar-refractivity contribution in [3.8, 4) is 22.6 Å². The molecule has 0 saturated heterocycles. The van der Waals surface area contributed by atoms with Crippen molar-refractivity contribution in [3.05, 3.63) is 206 Å². The van der Waals surface area contributed by atoms with Crippen molar-refractivity contribution in [2.24, 2.45) is 0 Å². The maximum atomic E-state index is 5.16. The van der Waals surface area contributed by atoms with Crippen molar-refractivity contribution in [1.29, 1.82) is 0 Å². The van der Waals surface area contributed by atoms with E-state index in [2.05, 4.69) is 250 Å². The van der Waals surface area contributed by atoms with Crippen LogP contribution < -0.4 is 20.7 Å². The predicted octanol–water partition coefficient (Wildman–Crippen LogP) is 11.8. The average Bonchev–Trinajstić information content (AvgIpc) is 3.87. The summed E-state index contributed by atoms with van der Waals surface area (Å²) in [5, 5.41) is 7.21. The number of pyridine rings is 1. The fourth-order valence-corrected chi connectivity index (χ4v) is 14.4. The van der Waals surface area contributed by atoms with Gasteiger partial charge in [-0.25, -0.2) is 14.1 Å². The number of benzene rings is 7. The van der Waals surface area contributed by atoms with Gasteiger partial charge in [-0.15, -0.1) is 22.7 Å². The molecule has 0 radical (unpaired) electrons. The normalized spacial score (nSPS) is 12.1. The molecule has 0 aliphatic heterocycles. The topological polar surface area (TPSA) is 27.7 Å². The molecule has 6 heteroatoms.